The number of carbonyl (C=O) groups is 1. The fourth-order valence-corrected chi connectivity index (χ4v) is 1.57. The number of hydrogen-bond acceptors (Lipinski definition) is 3. The van der Waals surface area contributed by atoms with E-state index in [4.69, 9.17) is 0 Å². The van der Waals surface area contributed by atoms with Crippen LogP contribution in [0, 0.1) is 13.8 Å². The van der Waals surface area contributed by atoms with Crippen molar-refractivity contribution in [2.45, 2.75) is 13.8 Å². The van der Waals surface area contributed by atoms with E-state index in [2.05, 4.69) is 9.97 Å². The molecule has 0 aliphatic carbocycles. The Balaban J connectivity index is 2.57. The number of nitrogens with zero attached hydrogens (tertiary/aromatic N) is 2. The Morgan fingerprint density at radius 1 is 1.25 bits per heavy atom. The lowest BCUT2D eigenvalue weighted by molar-refractivity contribution is 0.112. The lowest BCUT2D eigenvalue weighted by atomic mass is 10.1. The van der Waals surface area contributed by atoms with Gasteiger partial charge in [-0.3, -0.25) is 9.78 Å². The smallest absolute Gasteiger partial charge is 0.150 e. The fraction of sp³-hybridized carbons (Fsp3) is 0.154. The highest BCUT2D eigenvalue weighted by molar-refractivity contribution is 5.78. The molecular formula is C13H12N2O. The van der Waals surface area contributed by atoms with Crippen molar-refractivity contribution in [3.05, 3.63) is 47.4 Å². The summed E-state index contributed by atoms with van der Waals surface area (Å²) in [4.78, 5) is 19.4. The monoisotopic (exact) mass is 212 g/mol. The minimum atomic E-state index is 0.653. The standard InChI is InChI=1S/C13H12N2O/c1-9-7-14-10(2)13(15-9)12-5-3-4-11(6-12)8-16/h3-8H,1-2H3. The summed E-state index contributed by atoms with van der Waals surface area (Å²) in [6.45, 7) is 3.81. The molecule has 0 N–H and O–H groups in total. The van der Waals surface area contributed by atoms with E-state index in [1.807, 2.05) is 32.0 Å². The Morgan fingerprint density at radius 2 is 2.06 bits per heavy atom. The van der Waals surface area contributed by atoms with Crippen molar-refractivity contribution in [3.63, 3.8) is 0 Å². The van der Waals surface area contributed by atoms with Crippen molar-refractivity contribution in [1.29, 1.82) is 0 Å². The van der Waals surface area contributed by atoms with Gasteiger partial charge >= 0.3 is 0 Å². The summed E-state index contributed by atoms with van der Waals surface area (Å²) in [5, 5.41) is 0. The normalized spacial score (nSPS) is 10.1. The Kier molecular flexibility index (Phi) is 2.77. The Morgan fingerprint density at radius 3 is 2.81 bits per heavy atom. The maximum atomic E-state index is 10.7. The molecule has 0 bridgehead atoms. The molecule has 1 aromatic carbocycles. The van der Waals surface area contributed by atoms with Crippen LogP contribution < -0.4 is 0 Å². The van der Waals surface area contributed by atoms with Gasteiger partial charge in [0.05, 0.1) is 17.1 Å². The Hall–Kier alpha value is -2.03. The van der Waals surface area contributed by atoms with E-state index in [0.29, 0.717) is 5.56 Å². The van der Waals surface area contributed by atoms with Gasteiger partial charge in [-0.15, -0.1) is 0 Å². The zero-order chi connectivity index (χ0) is 11.5. The summed E-state index contributed by atoms with van der Waals surface area (Å²) in [6, 6.07) is 7.38. The van der Waals surface area contributed by atoms with Gasteiger partial charge in [-0.25, -0.2) is 4.98 Å². The molecule has 3 heteroatoms. The van der Waals surface area contributed by atoms with Crippen molar-refractivity contribution >= 4 is 6.29 Å². The first-order valence-corrected chi connectivity index (χ1v) is 5.06. The maximum Gasteiger partial charge on any atom is 0.150 e. The van der Waals surface area contributed by atoms with E-state index in [1.54, 1.807) is 12.3 Å². The molecule has 1 heterocycles. The van der Waals surface area contributed by atoms with Gasteiger partial charge in [0, 0.05) is 17.3 Å². The van der Waals surface area contributed by atoms with Crippen molar-refractivity contribution in [1.82, 2.24) is 9.97 Å². The number of rotatable bonds is 2. The van der Waals surface area contributed by atoms with Crippen molar-refractivity contribution in [2.24, 2.45) is 0 Å². The van der Waals surface area contributed by atoms with Crippen LogP contribution in [0.4, 0.5) is 0 Å². The molecule has 3 nitrogen and oxygen atoms in total. The molecule has 2 rings (SSSR count). The molecule has 2 aromatic rings. The van der Waals surface area contributed by atoms with E-state index >= 15 is 0 Å². The molecule has 0 spiro atoms. The van der Waals surface area contributed by atoms with Crippen LogP contribution in [-0.4, -0.2) is 16.3 Å². The summed E-state index contributed by atoms with van der Waals surface area (Å²) >= 11 is 0. The van der Waals surface area contributed by atoms with E-state index in [-0.39, 0.29) is 0 Å². The number of carbonyl (C=O) groups excluding carboxylic acids is 1. The highest BCUT2D eigenvalue weighted by Crippen LogP contribution is 2.20. The number of aldehydes is 1. The lowest BCUT2D eigenvalue weighted by Gasteiger charge is -2.05. The molecule has 16 heavy (non-hydrogen) atoms. The number of hydrogen-bond donors (Lipinski definition) is 0. The predicted molar refractivity (Wildman–Crippen MR) is 62.3 cm³/mol. The summed E-state index contributed by atoms with van der Waals surface area (Å²) < 4.78 is 0. The second kappa shape index (κ2) is 4.23. The largest absolute Gasteiger partial charge is 0.298 e. The van der Waals surface area contributed by atoms with Gasteiger partial charge in [-0.1, -0.05) is 18.2 Å². The Labute approximate surface area is 94.2 Å². The van der Waals surface area contributed by atoms with Gasteiger partial charge in [0.15, 0.2) is 0 Å². The summed E-state index contributed by atoms with van der Waals surface area (Å²) in [5.74, 6) is 0. The third-order valence-electron chi connectivity index (χ3n) is 2.37. The van der Waals surface area contributed by atoms with Gasteiger partial charge in [0.1, 0.15) is 6.29 Å². The van der Waals surface area contributed by atoms with Crippen molar-refractivity contribution < 1.29 is 4.79 Å². The maximum absolute atomic E-state index is 10.7. The first-order chi connectivity index (χ1) is 7.70. The van der Waals surface area contributed by atoms with Gasteiger partial charge in [0.25, 0.3) is 0 Å². The second-order valence-corrected chi connectivity index (χ2v) is 3.69. The third kappa shape index (κ3) is 1.98. The average Bonchev–Trinajstić information content (AvgIpc) is 2.32. The third-order valence-corrected chi connectivity index (χ3v) is 2.37. The molecule has 0 radical (unpaired) electrons. The predicted octanol–water partition coefficient (Wildman–Crippen LogP) is 2.57. The van der Waals surface area contributed by atoms with Crippen LogP contribution in [-0.2, 0) is 0 Å². The van der Waals surface area contributed by atoms with E-state index in [1.165, 1.54) is 0 Å². The highest BCUT2D eigenvalue weighted by Gasteiger charge is 2.05. The fourth-order valence-electron chi connectivity index (χ4n) is 1.57. The minimum absolute atomic E-state index is 0.653. The molecule has 0 amide bonds. The van der Waals surface area contributed by atoms with Gasteiger partial charge < -0.3 is 0 Å². The molecule has 0 saturated heterocycles. The quantitative estimate of drug-likeness (QED) is 0.718. The zero-order valence-electron chi connectivity index (χ0n) is 9.27. The number of benzene rings is 1. The SMILES string of the molecule is Cc1cnc(C)c(-c2cccc(C=O)c2)n1. The van der Waals surface area contributed by atoms with Gasteiger partial charge in [0.2, 0.25) is 0 Å². The summed E-state index contributed by atoms with van der Waals surface area (Å²) in [6.07, 6.45) is 2.57. The van der Waals surface area contributed by atoms with Crippen LogP contribution in [0.1, 0.15) is 21.7 Å². The molecule has 80 valence electrons. The molecule has 0 saturated carbocycles. The zero-order valence-corrected chi connectivity index (χ0v) is 9.27. The number of aromatic nitrogens is 2. The molecule has 0 atom stereocenters. The lowest BCUT2D eigenvalue weighted by Crippen LogP contribution is -1.95. The highest BCUT2D eigenvalue weighted by atomic mass is 16.1. The van der Waals surface area contributed by atoms with Crippen LogP contribution in [0.5, 0.6) is 0 Å². The van der Waals surface area contributed by atoms with Crippen molar-refractivity contribution in [3.8, 4) is 11.3 Å². The van der Waals surface area contributed by atoms with Crippen LogP contribution in [0.25, 0.3) is 11.3 Å². The molecule has 1 aromatic heterocycles. The average molecular weight is 212 g/mol. The van der Waals surface area contributed by atoms with Crippen LogP contribution in [0.3, 0.4) is 0 Å². The van der Waals surface area contributed by atoms with Gasteiger partial charge in [-0.05, 0) is 19.9 Å². The summed E-state index contributed by atoms with van der Waals surface area (Å²) in [5.41, 5.74) is 4.16. The molecule has 0 aliphatic heterocycles. The second-order valence-electron chi connectivity index (χ2n) is 3.69. The summed E-state index contributed by atoms with van der Waals surface area (Å²) in [7, 11) is 0. The van der Waals surface area contributed by atoms with Crippen LogP contribution in [0.2, 0.25) is 0 Å². The van der Waals surface area contributed by atoms with Crippen LogP contribution >= 0.6 is 0 Å². The number of aryl methyl sites for hydroxylation is 2. The molecule has 0 fully saturated rings. The van der Waals surface area contributed by atoms with Gasteiger partial charge in [-0.2, -0.15) is 0 Å². The Bertz CT molecular complexity index is 535. The molecule has 0 unspecified atom stereocenters. The first-order valence-electron chi connectivity index (χ1n) is 5.06. The van der Waals surface area contributed by atoms with Crippen molar-refractivity contribution in [2.75, 3.05) is 0 Å². The van der Waals surface area contributed by atoms with E-state index < -0.39 is 0 Å². The first kappa shape index (κ1) is 10.5. The minimum Gasteiger partial charge on any atom is -0.298 e. The van der Waals surface area contributed by atoms with E-state index in [0.717, 1.165) is 28.9 Å². The molecular weight excluding hydrogens is 200 g/mol. The van der Waals surface area contributed by atoms with Crippen LogP contribution in [0.15, 0.2) is 30.5 Å². The topological polar surface area (TPSA) is 42.9 Å². The van der Waals surface area contributed by atoms with E-state index in [9.17, 15) is 4.79 Å². The molecule has 0 aliphatic rings.